The maximum absolute atomic E-state index is 15.3. The van der Waals surface area contributed by atoms with E-state index in [0.717, 1.165) is 51.4 Å². The van der Waals surface area contributed by atoms with Crippen LogP contribution in [0, 0.1) is 5.82 Å². The number of benzene rings is 2. The zero-order valence-corrected chi connectivity index (χ0v) is 17.3. The molecule has 0 spiro atoms. The molecule has 0 amide bonds. The summed E-state index contributed by atoms with van der Waals surface area (Å²) in [6.07, 6.45) is 0. The first-order chi connectivity index (χ1) is 14.5. The molecule has 0 radical (unpaired) electrons. The summed E-state index contributed by atoms with van der Waals surface area (Å²) in [5.41, 5.74) is 2.43. The molecule has 2 saturated heterocycles. The van der Waals surface area contributed by atoms with Crippen LogP contribution >= 0.6 is 0 Å². The van der Waals surface area contributed by atoms with Gasteiger partial charge in [0.1, 0.15) is 5.82 Å². The second-order valence-corrected chi connectivity index (χ2v) is 8.03. The van der Waals surface area contributed by atoms with Gasteiger partial charge in [0.2, 0.25) is 0 Å². The van der Waals surface area contributed by atoms with Crippen LogP contribution in [0.5, 0.6) is 0 Å². The Kier molecular flexibility index (Phi) is 6.32. The highest BCUT2D eigenvalue weighted by Gasteiger charge is 2.22. The molecule has 2 aromatic rings. The van der Waals surface area contributed by atoms with E-state index in [9.17, 15) is 9.90 Å². The number of hydrogen-bond acceptors (Lipinski definition) is 5. The van der Waals surface area contributed by atoms with E-state index in [0.29, 0.717) is 24.5 Å². The maximum Gasteiger partial charge on any atom is 0.336 e. The van der Waals surface area contributed by atoms with Crippen LogP contribution in [0.3, 0.4) is 0 Å². The number of carbonyl (C=O) groups is 1. The van der Waals surface area contributed by atoms with E-state index >= 15 is 4.39 Å². The third kappa shape index (κ3) is 4.64. The summed E-state index contributed by atoms with van der Waals surface area (Å²) in [6, 6.07) is 10.6. The van der Waals surface area contributed by atoms with E-state index in [2.05, 4.69) is 9.80 Å². The Morgan fingerprint density at radius 3 is 2.50 bits per heavy atom. The summed E-state index contributed by atoms with van der Waals surface area (Å²) in [6.45, 7) is 7.13. The lowest BCUT2D eigenvalue weighted by Crippen LogP contribution is -2.44. The van der Waals surface area contributed by atoms with Crippen LogP contribution in [0.1, 0.15) is 15.9 Å². The van der Waals surface area contributed by atoms with Crippen LogP contribution in [-0.4, -0.2) is 80.4 Å². The molecule has 0 saturated carbocycles. The van der Waals surface area contributed by atoms with Crippen molar-refractivity contribution >= 4 is 11.7 Å². The van der Waals surface area contributed by atoms with Gasteiger partial charge in [-0.2, -0.15) is 0 Å². The van der Waals surface area contributed by atoms with E-state index < -0.39 is 11.8 Å². The Morgan fingerprint density at radius 1 is 1.07 bits per heavy atom. The second kappa shape index (κ2) is 9.12. The molecule has 1 N–H and O–H groups in total. The molecule has 6 nitrogen and oxygen atoms in total. The highest BCUT2D eigenvalue weighted by atomic mass is 19.1. The largest absolute Gasteiger partial charge is 0.478 e. The lowest BCUT2D eigenvalue weighted by molar-refractivity contribution is 0.0342. The number of morpholine rings is 1. The van der Waals surface area contributed by atoms with Gasteiger partial charge in [0.15, 0.2) is 0 Å². The molecule has 0 aromatic heterocycles. The highest BCUT2D eigenvalue weighted by molar-refractivity contribution is 5.97. The molecule has 7 heteroatoms. The monoisotopic (exact) mass is 413 g/mol. The van der Waals surface area contributed by atoms with Gasteiger partial charge in [0.05, 0.1) is 18.8 Å². The topological polar surface area (TPSA) is 56.2 Å². The van der Waals surface area contributed by atoms with Crippen molar-refractivity contribution in [2.45, 2.75) is 6.54 Å². The van der Waals surface area contributed by atoms with E-state index in [1.54, 1.807) is 12.1 Å². The van der Waals surface area contributed by atoms with Gasteiger partial charge in [0, 0.05) is 57.1 Å². The zero-order valence-electron chi connectivity index (χ0n) is 17.3. The second-order valence-electron chi connectivity index (χ2n) is 8.03. The molecule has 0 aliphatic carbocycles. The van der Waals surface area contributed by atoms with Crippen LogP contribution in [-0.2, 0) is 11.3 Å². The van der Waals surface area contributed by atoms with Crippen molar-refractivity contribution in [1.82, 2.24) is 9.80 Å². The van der Waals surface area contributed by atoms with E-state index in [1.165, 1.54) is 6.07 Å². The molecule has 0 bridgehead atoms. The fraction of sp³-hybridized carbons (Fsp3) is 0.435. The Bertz CT molecular complexity index is 907. The SMILES string of the molecule is CN1CCN(c2cc(F)c(-c3cccc(CN4CCOCC4)c3)c(C(=O)O)c2)CC1. The normalized spacial score (nSPS) is 18.5. The Morgan fingerprint density at radius 2 is 1.80 bits per heavy atom. The van der Waals surface area contributed by atoms with Crippen molar-refractivity contribution in [2.75, 3.05) is 64.4 Å². The van der Waals surface area contributed by atoms with Gasteiger partial charge in [-0.15, -0.1) is 0 Å². The molecule has 2 aromatic carbocycles. The smallest absolute Gasteiger partial charge is 0.336 e. The summed E-state index contributed by atoms with van der Waals surface area (Å²) in [5.74, 6) is -1.61. The number of likely N-dealkylation sites (N-methyl/N-ethyl adjacent to an activating group) is 1. The first-order valence-corrected chi connectivity index (χ1v) is 10.4. The third-order valence-corrected chi connectivity index (χ3v) is 5.90. The van der Waals surface area contributed by atoms with Crippen LogP contribution in [0.2, 0.25) is 0 Å². The van der Waals surface area contributed by atoms with Crippen LogP contribution in [0.25, 0.3) is 11.1 Å². The van der Waals surface area contributed by atoms with Gasteiger partial charge in [-0.1, -0.05) is 18.2 Å². The van der Waals surface area contributed by atoms with Gasteiger partial charge in [-0.3, -0.25) is 4.90 Å². The molecule has 2 aliphatic heterocycles. The maximum atomic E-state index is 15.3. The number of halogens is 1. The molecule has 0 atom stereocenters. The molecular weight excluding hydrogens is 385 g/mol. The predicted molar refractivity (Wildman–Crippen MR) is 115 cm³/mol. The molecule has 160 valence electrons. The average Bonchev–Trinajstić information content (AvgIpc) is 2.74. The number of aromatic carboxylic acids is 1. The number of rotatable bonds is 5. The molecule has 2 aliphatic rings. The van der Waals surface area contributed by atoms with Crippen molar-refractivity contribution in [3.63, 3.8) is 0 Å². The van der Waals surface area contributed by atoms with E-state index in [1.807, 2.05) is 30.1 Å². The van der Waals surface area contributed by atoms with Gasteiger partial charge >= 0.3 is 5.97 Å². The van der Waals surface area contributed by atoms with E-state index in [-0.39, 0.29) is 11.1 Å². The van der Waals surface area contributed by atoms with Gasteiger partial charge in [-0.05, 0) is 36.4 Å². The van der Waals surface area contributed by atoms with E-state index in [4.69, 9.17) is 4.74 Å². The minimum absolute atomic E-state index is 0.00690. The number of carboxylic acids is 1. The van der Waals surface area contributed by atoms with Gasteiger partial charge in [-0.25, -0.2) is 9.18 Å². The standard InChI is InChI=1S/C23H28FN3O3/c1-25-5-7-27(8-6-25)19-14-20(23(28)29)22(21(24)15-19)18-4-2-3-17(13-18)16-26-9-11-30-12-10-26/h2-4,13-15H,5-12,16H2,1H3,(H,28,29). The van der Waals surface area contributed by atoms with Crippen LogP contribution in [0.4, 0.5) is 10.1 Å². The first kappa shape index (κ1) is 20.8. The Hall–Kier alpha value is -2.48. The highest BCUT2D eigenvalue weighted by Crippen LogP contribution is 2.32. The summed E-state index contributed by atoms with van der Waals surface area (Å²) in [7, 11) is 2.05. The molecule has 2 fully saturated rings. The average molecular weight is 413 g/mol. The van der Waals surface area contributed by atoms with Crippen molar-refractivity contribution in [1.29, 1.82) is 0 Å². The van der Waals surface area contributed by atoms with Crippen LogP contribution < -0.4 is 4.90 Å². The predicted octanol–water partition coefficient (Wildman–Crippen LogP) is 2.77. The summed E-state index contributed by atoms with van der Waals surface area (Å²) in [4.78, 5) is 18.6. The van der Waals surface area contributed by atoms with Crippen LogP contribution in [0.15, 0.2) is 36.4 Å². The summed E-state index contributed by atoms with van der Waals surface area (Å²) < 4.78 is 20.6. The number of piperazine rings is 1. The number of nitrogens with zero attached hydrogens (tertiary/aromatic N) is 3. The molecule has 30 heavy (non-hydrogen) atoms. The molecule has 0 unspecified atom stereocenters. The third-order valence-electron chi connectivity index (χ3n) is 5.90. The Balaban J connectivity index is 1.64. The lowest BCUT2D eigenvalue weighted by Gasteiger charge is -2.34. The van der Waals surface area contributed by atoms with Crippen molar-refractivity contribution in [2.24, 2.45) is 0 Å². The quantitative estimate of drug-likeness (QED) is 0.814. The number of anilines is 1. The van der Waals surface area contributed by atoms with Gasteiger partial charge < -0.3 is 19.6 Å². The fourth-order valence-corrected chi connectivity index (χ4v) is 4.14. The lowest BCUT2D eigenvalue weighted by atomic mass is 9.96. The van der Waals surface area contributed by atoms with Gasteiger partial charge in [0.25, 0.3) is 0 Å². The Labute approximate surface area is 176 Å². The summed E-state index contributed by atoms with van der Waals surface area (Å²) in [5, 5.41) is 9.83. The van der Waals surface area contributed by atoms with Crippen molar-refractivity contribution in [3.8, 4) is 11.1 Å². The fourth-order valence-electron chi connectivity index (χ4n) is 4.14. The van der Waals surface area contributed by atoms with Crippen molar-refractivity contribution < 1.29 is 19.0 Å². The zero-order chi connectivity index (χ0) is 21.1. The summed E-state index contributed by atoms with van der Waals surface area (Å²) >= 11 is 0. The first-order valence-electron chi connectivity index (χ1n) is 10.4. The number of ether oxygens (including phenoxy) is 1. The minimum Gasteiger partial charge on any atom is -0.478 e. The minimum atomic E-state index is -1.11. The number of carboxylic acid groups (broad SMARTS) is 1. The van der Waals surface area contributed by atoms with Crippen molar-refractivity contribution in [3.05, 3.63) is 53.3 Å². The molecular formula is C23H28FN3O3. The number of hydrogen-bond donors (Lipinski definition) is 1. The molecule has 4 rings (SSSR count). The molecule has 2 heterocycles.